The van der Waals surface area contributed by atoms with Crippen LogP contribution in [0, 0.1) is 0 Å². The zero-order valence-corrected chi connectivity index (χ0v) is 11.5. The topological polar surface area (TPSA) is 21.3 Å². The summed E-state index contributed by atoms with van der Waals surface area (Å²) >= 11 is 1.86. The lowest BCUT2D eigenvalue weighted by molar-refractivity contribution is 0.00539. The van der Waals surface area contributed by atoms with E-state index in [2.05, 4.69) is 29.8 Å². The molecule has 2 heterocycles. The molecule has 17 heavy (non-hydrogen) atoms. The first-order valence-corrected chi connectivity index (χ1v) is 7.64. The first kappa shape index (κ1) is 13.1. The number of ether oxygens (including phenoxy) is 1. The molecule has 1 aromatic heterocycles. The summed E-state index contributed by atoms with van der Waals surface area (Å²) in [5.41, 5.74) is 0. The standard InChI is InChI=1S/C14H23NOS/c1-2-15-12(11-14-7-5-9-17-14)10-13-6-3-4-8-16-13/h5,7,9,12-13,15H,2-4,6,8,10-11H2,1H3. The van der Waals surface area contributed by atoms with Gasteiger partial charge in [0.25, 0.3) is 0 Å². The third-order valence-electron chi connectivity index (χ3n) is 3.34. The van der Waals surface area contributed by atoms with E-state index in [0.717, 1.165) is 26.0 Å². The fourth-order valence-electron chi connectivity index (χ4n) is 2.51. The van der Waals surface area contributed by atoms with Gasteiger partial charge in [0.2, 0.25) is 0 Å². The van der Waals surface area contributed by atoms with Gasteiger partial charge in [0.05, 0.1) is 6.10 Å². The number of rotatable bonds is 6. The van der Waals surface area contributed by atoms with Crippen molar-refractivity contribution in [2.75, 3.05) is 13.2 Å². The summed E-state index contributed by atoms with van der Waals surface area (Å²) in [5, 5.41) is 5.76. The molecular formula is C14H23NOS. The first-order valence-electron chi connectivity index (χ1n) is 6.76. The largest absolute Gasteiger partial charge is 0.378 e. The van der Waals surface area contributed by atoms with Gasteiger partial charge in [-0.15, -0.1) is 11.3 Å². The van der Waals surface area contributed by atoms with Crippen LogP contribution in [0.25, 0.3) is 0 Å². The fraction of sp³-hybridized carbons (Fsp3) is 0.714. The maximum atomic E-state index is 5.84. The van der Waals surface area contributed by atoms with Crippen LogP contribution < -0.4 is 5.32 Å². The number of hydrogen-bond acceptors (Lipinski definition) is 3. The van der Waals surface area contributed by atoms with Crippen LogP contribution in [0.15, 0.2) is 17.5 Å². The minimum Gasteiger partial charge on any atom is -0.378 e. The molecule has 0 saturated carbocycles. The summed E-state index contributed by atoms with van der Waals surface area (Å²) in [4.78, 5) is 1.48. The lowest BCUT2D eigenvalue weighted by Crippen LogP contribution is -2.36. The van der Waals surface area contributed by atoms with E-state index < -0.39 is 0 Å². The maximum Gasteiger partial charge on any atom is 0.0590 e. The van der Waals surface area contributed by atoms with Crippen molar-refractivity contribution < 1.29 is 4.74 Å². The molecule has 2 atom stereocenters. The Bertz CT molecular complexity index is 293. The maximum absolute atomic E-state index is 5.84. The van der Waals surface area contributed by atoms with Crippen LogP contribution in [-0.2, 0) is 11.2 Å². The van der Waals surface area contributed by atoms with Crippen LogP contribution in [-0.4, -0.2) is 25.3 Å². The second kappa shape index (κ2) is 7.14. The van der Waals surface area contributed by atoms with Crippen molar-refractivity contribution in [2.45, 2.75) is 51.2 Å². The highest BCUT2D eigenvalue weighted by atomic mass is 32.1. The molecule has 0 amide bonds. The quantitative estimate of drug-likeness (QED) is 0.840. The van der Waals surface area contributed by atoms with Crippen LogP contribution >= 0.6 is 11.3 Å². The molecule has 0 spiro atoms. The molecule has 1 aromatic rings. The van der Waals surface area contributed by atoms with Crippen molar-refractivity contribution in [2.24, 2.45) is 0 Å². The Morgan fingerprint density at radius 1 is 1.53 bits per heavy atom. The SMILES string of the molecule is CCNC(Cc1cccs1)CC1CCCCO1. The van der Waals surface area contributed by atoms with E-state index in [4.69, 9.17) is 4.74 Å². The average Bonchev–Trinajstić information content (AvgIpc) is 2.83. The Morgan fingerprint density at radius 2 is 2.47 bits per heavy atom. The Kier molecular flexibility index (Phi) is 5.49. The van der Waals surface area contributed by atoms with Gasteiger partial charge in [-0.25, -0.2) is 0 Å². The number of hydrogen-bond donors (Lipinski definition) is 1. The fourth-order valence-corrected chi connectivity index (χ4v) is 3.30. The molecule has 96 valence electrons. The average molecular weight is 253 g/mol. The lowest BCUT2D eigenvalue weighted by Gasteiger charge is -2.27. The normalized spacial score (nSPS) is 22.5. The lowest BCUT2D eigenvalue weighted by atomic mass is 9.99. The molecule has 2 rings (SSSR count). The second-order valence-corrected chi connectivity index (χ2v) is 5.79. The van der Waals surface area contributed by atoms with Crippen molar-refractivity contribution in [3.8, 4) is 0 Å². The van der Waals surface area contributed by atoms with Gasteiger partial charge in [0.15, 0.2) is 0 Å². The van der Waals surface area contributed by atoms with Gasteiger partial charge in [-0.2, -0.15) is 0 Å². The predicted molar refractivity (Wildman–Crippen MR) is 73.7 cm³/mol. The molecule has 1 N–H and O–H groups in total. The Hall–Kier alpha value is -0.380. The molecule has 2 nitrogen and oxygen atoms in total. The highest BCUT2D eigenvalue weighted by molar-refractivity contribution is 7.09. The van der Waals surface area contributed by atoms with Crippen LogP contribution in [0.1, 0.15) is 37.5 Å². The zero-order valence-electron chi connectivity index (χ0n) is 10.7. The molecule has 1 saturated heterocycles. The van der Waals surface area contributed by atoms with Crippen LogP contribution in [0.4, 0.5) is 0 Å². The zero-order chi connectivity index (χ0) is 11.9. The highest BCUT2D eigenvalue weighted by Gasteiger charge is 2.19. The van der Waals surface area contributed by atoms with E-state index in [1.807, 2.05) is 11.3 Å². The van der Waals surface area contributed by atoms with Gasteiger partial charge in [-0.1, -0.05) is 13.0 Å². The third-order valence-corrected chi connectivity index (χ3v) is 4.24. The minimum atomic E-state index is 0.479. The van der Waals surface area contributed by atoms with Crippen molar-refractivity contribution in [1.82, 2.24) is 5.32 Å². The van der Waals surface area contributed by atoms with Gasteiger partial charge in [-0.3, -0.25) is 0 Å². The summed E-state index contributed by atoms with van der Waals surface area (Å²) in [6.07, 6.45) is 6.60. The van der Waals surface area contributed by atoms with E-state index >= 15 is 0 Å². The van der Waals surface area contributed by atoms with Crippen molar-refractivity contribution in [1.29, 1.82) is 0 Å². The molecule has 0 radical (unpaired) electrons. The van der Waals surface area contributed by atoms with Crippen molar-refractivity contribution >= 4 is 11.3 Å². The van der Waals surface area contributed by atoms with E-state index in [0.29, 0.717) is 12.1 Å². The van der Waals surface area contributed by atoms with E-state index in [9.17, 15) is 0 Å². The van der Waals surface area contributed by atoms with Gasteiger partial charge in [-0.05, 0) is 50.1 Å². The summed E-state index contributed by atoms with van der Waals surface area (Å²) in [6, 6.07) is 4.94. The molecule has 0 bridgehead atoms. The molecular weight excluding hydrogens is 230 g/mol. The van der Waals surface area contributed by atoms with E-state index in [-0.39, 0.29) is 0 Å². The molecule has 2 unspecified atom stereocenters. The van der Waals surface area contributed by atoms with E-state index in [1.54, 1.807) is 0 Å². The minimum absolute atomic E-state index is 0.479. The van der Waals surface area contributed by atoms with Crippen LogP contribution in [0.2, 0.25) is 0 Å². The summed E-state index contributed by atoms with van der Waals surface area (Å²) in [5.74, 6) is 0. The van der Waals surface area contributed by atoms with Crippen LogP contribution in [0.3, 0.4) is 0 Å². The van der Waals surface area contributed by atoms with Gasteiger partial charge in [0, 0.05) is 17.5 Å². The number of nitrogens with one attached hydrogen (secondary N) is 1. The van der Waals surface area contributed by atoms with Crippen molar-refractivity contribution in [3.05, 3.63) is 22.4 Å². The summed E-state index contributed by atoms with van der Waals surface area (Å²) in [7, 11) is 0. The molecule has 0 aliphatic carbocycles. The summed E-state index contributed by atoms with van der Waals surface area (Å²) < 4.78 is 5.84. The number of likely N-dealkylation sites (N-methyl/N-ethyl adjacent to an activating group) is 1. The smallest absolute Gasteiger partial charge is 0.0590 e. The third kappa shape index (κ3) is 4.41. The molecule has 0 aromatic carbocycles. The first-order chi connectivity index (χ1) is 8.38. The Balaban J connectivity index is 1.83. The van der Waals surface area contributed by atoms with Gasteiger partial charge >= 0.3 is 0 Å². The van der Waals surface area contributed by atoms with Crippen molar-refractivity contribution in [3.63, 3.8) is 0 Å². The van der Waals surface area contributed by atoms with Gasteiger partial charge in [0.1, 0.15) is 0 Å². The Labute approximate surface area is 108 Å². The molecule has 1 aliphatic rings. The number of thiophene rings is 1. The molecule has 3 heteroatoms. The Morgan fingerprint density at radius 3 is 3.12 bits per heavy atom. The summed E-state index contributed by atoms with van der Waals surface area (Å²) in [6.45, 7) is 4.19. The van der Waals surface area contributed by atoms with E-state index in [1.165, 1.54) is 24.1 Å². The second-order valence-electron chi connectivity index (χ2n) is 4.76. The highest BCUT2D eigenvalue weighted by Crippen LogP contribution is 2.20. The van der Waals surface area contributed by atoms with Crippen LogP contribution in [0.5, 0.6) is 0 Å². The monoisotopic (exact) mass is 253 g/mol. The molecule has 1 aliphatic heterocycles. The van der Waals surface area contributed by atoms with Gasteiger partial charge < -0.3 is 10.1 Å². The molecule has 1 fully saturated rings. The predicted octanol–water partition coefficient (Wildman–Crippen LogP) is 3.23.